The minimum atomic E-state index is -0.484. The number of benzene rings is 1. The molecule has 3 rings (SSSR count). The van der Waals surface area contributed by atoms with Gasteiger partial charge in [-0.3, -0.25) is 9.88 Å². The van der Waals surface area contributed by atoms with Crippen molar-refractivity contribution < 1.29 is 14.3 Å². The van der Waals surface area contributed by atoms with E-state index < -0.39 is 5.60 Å². The van der Waals surface area contributed by atoms with Gasteiger partial charge in [0.1, 0.15) is 23.0 Å². The number of hydrogen-bond donors (Lipinski definition) is 0. The number of fused-ring (bicyclic) bond motifs is 1. The largest absolute Gasteiger partial charge is 0.484 e. The van der Waals surface area contributed by atoms with E-state index in [-0.39, 0.29) is 18.2 Å². The molecule has 23 heavy (non-hydrogen) atoms. The molecule has 1 aromatic heterocycles. The van der Waals surface area contributed by atoms with Crippen molar-refractivity contribution in [1.82, 2.24) is 9.88 Å². The monoisotopic (exact) mass is 314 g/mol. The molecule has 1 fully saturated rings. The Kier molecular flexibility index (Phi) is 3.88. The average Bonchev–Trinajstić information content (AvgIpc) is 2.48. The average molecular weight is 314 g/mol. The van der Waals surface area contributed by atoms with Crippen LogP contribution in [-0.4, -0.2) is 40.3 Å². The Morgan fingerprint density at radius 1 is 1.26 bits per heavy atom. The summed E-state index contributed by atoms with van der Waals surface area (Å²) in [6, 6.07) is 9.76. The lowest BCUT2D eigenvalue weighted by Crippen LogP contribution is -2.63. The molecular weight excluding hydrogens is 292 g/mol. The molecule has 1 aliphatic rings. The molecule has 2 heterocycles. The summed E-state index contributed by atoms with van der Waals surface area (Å²) in [7, 11) is 0. The van der Waals surface area contributed by atoms with Gasteiger partial charge >= 0.3 is 6.09 Å². The van der Waals surface area contributed by atoms with Crippen molar-refractivity contribution in [3.05, 3.63) is 36.5 Å². The predicted octanol–water partition coefficient (Wildman–Crippen LogP) is 3.62. The first kappa shape index (κ1) is 15.6. The van der Waals surface area contributed by atoms with Gasteiger partial charge in [-0.15, -0.1) is 0 Å². The maximum Gasteiger partial charge on any atom is 0.410 e. The summed E-state index contributed by atoms with van der Waals surface area (Å²) in [5, 5.41) is 1.04. The maximum absolute atomic E-state index is 12.1. The molecule has 5 heteroatoms. The van der Waals surface area contributed by atoms with Crippen LogP contribution in [0.4, 0.5) is 4.79 Å². The van der Waals surface area contributed by atoms with Gasteiger partial charge < -0.3 is 9.47 Å². The molecule has 0 radical (unpaired) electrons. The molecule has 0 aliphatic carbocycles. The van der Waals surface area contributed by atoms with Gasteiger partial charge in [0.15, 0.2) is 0 Å². The molecule has 2 atom stereocenters. The Morgan fingerprint density at radius 2 is 2.00 bits per heavy atom. The van der Waals surface area contributed by atoms with Crippen molar-refractivity contribution in [3.8, 4) is 5.75 Å². The lowest BCUT2D eigenvalue weighted by Gasteiger charge is -2.45. The van der Waals surface area contributed by atoms with Crippen LogP contribution in [-0.2, 0) is 4.74 Å². The fourth-order valence-electron chi connectivity index (χ4n) is 2.61. The van der Waals surface area contributed by atoms with Gasteiger partial charge in [-0.2, -0.15) is 0 Å². The number of amides is 1. The van der Waals surface area contributed by atoms with Crippen LogP contribution in [0.2, 0.25) is 0 Å². The second kappa shape index (κ2) is 5.72. The van der Waals surface area contributed by atoms with E-state index in [1.165, 1.54) is 0 Å². The van der Waals surface area contributed by atoms with E-state index in [0.717, 1.165) is 16.7 Å². The first-order valence-corrected chi connectivity index (χ1v) is 7.85. The molecule has 0 N–H and O–H groups in total. The Hall–Kier alpha value is -2.30. The van der Waals surface area contributed by atoms with Crippen LogP contribution in [0.1, 0.15) is 27.7 Å². The smallest absolute Gasteiger partial charge is 0.410 e. The SMILES string of the molecule is C[C@H]1[C@@H](Oc2cccc3cccnc23)CN1C(=O)OC(C)(C)C. The topological polar surface area (TPSA) is 51.7 Å². The number of aromatic nitrogens is 1. The zero-order valence-electron chi connectivity index (χ0n) is 13.9. The van der Waals surface area contributed by atoms with Crippen LogP contribution in [0, 0.1) is 0 Å². The third kappa shape index (κ3) is 3.23. The molecule has 0 saturated carbocycles. The van der Waals surface area contributed by atoms with E-state index >= 15 is 0 Å². The minimum Gasteiger partial charge on any atom is -0.484 e. The van der Waals surface area contributed by atoms with E-state index in [2.05, 4.69) is 4.98 Å². The fraction of sp³-hybridized carbons (Fsp3) is 0.444. The van der Waals surface area contributed by atoms with Crippen molar-refractivity contribution >= 4 is 17.0 Å². The number of nitrogens with zero attached hydrogens (tertiary/aromatic N) is 2. The Labute approximate surface area is 136 Å². The molecule has 5 nitrogen and oxygen atoms in total. The second-order valence-electron chi connectivity index (χ2n) is 6.86. The number of ether oxygens (including phenoxy) is 2. The quantitative estimate of drug-likeness (QED) is 0.849. The van der Waals surface area contributed by atoms with Crippen LogP contribution >= 0.6 is 0 Å². The molecular formula is C18H22N2O3. The van der Waals surface area contributed by atoms with Gasteiger partial charge in [0.2, 0.25) is 0 Å². The highest BCUT2D eigenvalue weighted by Gasteiger charge is 2.42. The summed E-state index contributed by atoms with van der Waals surface area (Å²) in [5.74, 6) is 0.754. The minimum absolute atomic E-state index is 0.0242. The van der Waals surface area contributed by atoms with Crippen LogP contribution in [0.25, 0.3) is 10.9 Å². The molecule has 1 aliphatic heterocycles. The number of carbonyl (C=O) groups is 1. The highest BCUT2D eigenvalue weighted by molar-refractivity contribution is 5.84. The van der Waals surface area contributed by atoms with Gasteiger partial charge in [-0.05, 0) is 39.8 Å². The summed E-state index contributed by atoms with van der Waals surface area (Å²) in [6.07, 6.45) is 1.42. The predicted molar refractivity (Wildman–Crippen MR) is 88.6 cm³/mol. The lowest BCUT2D eigenvalue weighted by atomic mass is 10.0. The normalized spacial score (nSPS) is 21.0. The van der Waals surface area contributed by atoms with E-state index in [4.69, 9.17) is 9.47 Å². The first-order valence-electron chi connectivity index (χ1n) is 7.85. The summed E-state index contributed by atoms with van der Waals surface area (Å²) >= 11 is 0. The molecule has 1 saturated heterocycles. The maximum atomic E-state index is 12.1. The Balaban J connectivity index is 1.68. The van der Waals surface area contributed by atoms with E-state index in [0.29, 0.717) is 6.54 Å². The van der Waals surface area contributed by atoms with E-state index in [9.17, 15) is 4.79 Å². The standard InChI is InChI=1S/C18H22N2O3/c1-12-15(11-20(12)17(21)23-18(2,3)4)22-14-9-5-7-13-8-6-10-19-16(13)14/h5-10,12,15H,11H2,1-4H3/t12-,15-/m0/s1. The molecule has 0 unspecified atom stereocenters. The number of rotatable bonds is 2. The van der Waals surface area contributed by atoms with Gasteiger partial charge in [-0.25, -0.2) is 4.79 Å². The molecule has 0 bridgehead atoms. The highest BCUT2D eigenvalue weighted by Crippen LogP contribution is 2.29. The van der Waals surface area contributed by atoms with Crippen molar-refractivity contribution in [2.75, 3.05) is 6.54 Å². The molecule has 122 valence electrons. The highest BCUT2D eigenvalue weighted by atomic mass is 16.6. The van der Waals surface area contributed by atoms with E-state index in [1.54, 1.807) is 11.1 Å². The van der Waals surface area contributed by atoms with Gasteiger partial charge in [0.25, 0.3) is 0 Å². The van der Waals surface area contributed by atoms with Crippen molar-refractivity contribution in [3.63, 3.8) is 0 Å². The first-order chi connectivity index (χ1) is 10.8. The van der Waals surface area contributed by atoms with E-state index in [1.807, 2.05) is 58.0 Å². The number of carbonyl (C=O) groups excluding carboxylic acids is 1. The Bertz CT molecular complexity index is 718. The number of likely N-dealkylation sites (tertiary alicyclic amines) is 1. The Morgan fingerprint density at radius 3 is 2.70 bits per heavy atom. The second-order valence-corrected chi connectivity index (χ2v) is 6.86. The molecule has 2 aromatic rings. The van der Waals surface area contributed by atoms with Crippen molar-refractivity contribution in [2.45, 2.75) is 45.4 Å². The zero-order chi connectivity index (χ0) is 16.6. The summed E-state index contributed by atoms with van der Waals surface area (Å²) in [5.41, 5.74) is 0.361. The van der Waals surface area contributed by atoms with Gasteiger partial charge in [-0.1, -0.05) is 18.2 Å². The molecule has 1 amide bonds. The van der Waals surface area contributed by atoms with Crippen molar-refractivity contribution in [1.29, 1.82) is 0 Å². The summed E-state index contributed by atoms with van der Waals surface area (Å²) < 4.78 is 11.5. The van der Waals surface area contributed by atoms with Crippen LogP contribution in [0.3, 0.4) is 0 Å². The van der Waals surface area contributed by atoms with Crippen LogP contribution in [0.5, 0.6) is 5.75 Å². The fourth-order valence-corrected chi connectivity index (χ4v) is 2.61. The number of para-hydroxylation sites is 1. The third-order valence-electron chi connectivity index (χ3n) is 3.91. The van der Waals surface area contributed by atoms with Gasteiger partial charge in [0, 0.05) is 11.6 Å². The lowest BCUT2D eigenvalue weighted by molar-refractivity contribution is -0.0532. The van der Waals surface area contributed by atoms with Crippen molar-refractivity contribution in [2.24, 2.45) is 0 Å². The number of pyridine rings is 1. The zero-order valence-corrected chi connectivity index (χ0v) is 13.9. The number of hydrogen-bond acceptors (Lipinski definition) is 4. The third-order valence-corrected chi connectivity index (χ3v) is 3.91. The summed E-state index contributed by atoms with van der Waals surface area (Å²) in [6.45, 7) is 8.09. The van der Waals surface area contributed by atoms with Crippen LogP contribution < -0.4 is 4.74 Å². The molecule has 0 spiro atoms. The van der Waals surface area contributed by atoms with Gasteiger partial charge in [0.05, 0.1) is 12.6 Å². The summed E-state index contributed by atoms with van der Waals surface area (Å²) in [4.78, 5) is 18.2. The molecule has 1 aromatic carbocycles. The van der Waals surface area contributed by atoms with Crippen LogP contribution in [0.15, 0.2) is 36.5 Å².